The van der Waals surface area contributed by atoms with Crippen molar-refractivity contribution < 1.29 is 28.5 Å². The van der Waals surface area contributed by atoms with Gasteiger partial charge >= 0.3 is 17.9 Å². The van der Waals surface area contributed by atoms with E-state index in [4.69, 9.17) is 0 Å². The third-order valence-electron chi connectivity index (χ3n) is 2.86. The number of furan rings is 1. The van der Waals surface area contributed by atoms with E-state index in [0.29, 0.717) is 0 Å². The van der Waals surface area contributed by atoms with E-state index in [9.17, 15) is 24.5 Å². The number of imide groups is 1. The molecular formula is C15H13N3O7. The molecular weight excluding hydrogens is 334 g/mol. The lowest BCUT2D eigenvalue weighted by atomic mass is 10.2. The van der Waals surface area contributed by atoms with Crippen LogP contribution >= 0.6 is 0 Å². The van der Waals surface area contributed by atoms with Crippen molar-refractivity contribution >= 4 is 23.8 Å². The summed E-state index contributed by atoms with van der Waals surface area (Å²) >= 11 is 0. The molecule has 0 saturated heterocycles. The van der Waals surface area contributed by atoms with Crippen molar-refractivity contribution in [2.75, 3.05) is 6.61 Å². The van der Waals surface area contributed by atoms with Gasteiger partial charge < -0.3 is 14.5 Å². The molecule has 0 fully saturated rings. The molecule has 1 heterocycles. The lowest BCUT2D eigenvalue weighted by Crippen LogP contribution is -2.41. The Bertz CT molecular complexity index is 785. The number of nitrogens with zero attached hydrogens (tertiary/aromatic N) is 1. The first-order valence-corrected chi connectivity index (χ1v) is 6.98. The zero-order chi connectivity index (χ0) is 18.2. The highest BCUT2D eigenvalue weighted by molar-refractivity contribution is 5.96. The van der Waals surface area contributed by atoms with Crippen molar-refractivity contribution in [3.63, 3.8) is 0 Å². The van der Waals surface area contributed by atoms with E-state index in [1.165, 1.54) is 0 Å². The summed E-state index contributed by atoms with van der Waals surface area (Å²) < 4.78 is 9.22. The minimum Gasteiger partial charge on any atom is -0.450 e. The van der Waals surface area contributed by atoms with E-state index in [-0.39, 0.29) is 6.54 Å². The van der Waals surface area contributed by atoms with Crippen LogP contribution in [0.2, 0.25) is 0 Å². The summed E-state index contributed by atoms with van der Waals surface area (Å²) in [5, 5.41) is 14.9. The fourth-order valence-electron chi connectivity index (χ4n) is 1.72. The molecule has 0 spiro atoms. The number of hydrogen-bond acceptors (Lipinski definition) is 7. The Morgan fingerprint density at radius 1 is 1.12 bits per heavy atom. The molecule has 10 nitrogen and oxygen atoms in total. The van der Waals surface area contributed by atoms with E-state index < -0.39 is 41.1 Å². The van der Waals surface area contributed by atoms with Gasteiger partial charge in [0, 0.05) is 6.54 Å². The molecule has 2 N–H and O–H groups in total. The van der Waals surface area contributed by atoms with Gasteiger partial charge in [-0.15, -0.1) is 0 Å². The molecule has 0 saturated carbocycles. The Hall–Kier alpha value is -3.69. The topological polar surface area (TPSA) is 141 Å². The van der Waals surface area contributed by atoms with Gasteiger partial charge in [-0.2, -0.15) is 0 Å². The Morgan fingerprint density at radius 3 is 2.48 bits per heavy atom. The van der Waals surface area contributed by atoms with E-state index in [0.717, 1.165) is 17.7 Å². The average Bonchev–Trinajstić information content (AvgIpc) is 3.09. The molecule has 0 atom stereocenters. The quantitative estimate of drug-likeness (QED) is 0.456. The molecule has 0 aliphatic carbocycles. The van der Waals surface area contributed by atoms with Crippen LogP contribution in [0.3, 0.4) is 0 Å². The standard InChI is InChI=1S/C15H13N3O7/c19-12(17-15(21)16-8-10-4-2-1-3-5-10)9-24-14(20)11-6-7-13(25-11)18(22)23/h1-7H,8-9H2,(H2,16,17,19,21). The smallest absolute Gasteiger partial charge is 0.433 e. The minimum absolute atomic E-state index is 0.218. The molecule has 0 aliphatic heterocycles. The van der Waals surface area contributed by atoms with Crippen LogP contribution in [0, 0.1) is 10.1 Å². The van der Waals surface area contributed by atoms with Gasteiger partial charge in [-0.25, -0.2) is 9.59 Å². The van der Waals surface area contributed by atoms with Gasteiger partial charge in [0.1, 0.15) is 4.92 Å². The second-order valence-electron chi connectivity index (χ2n) is 4.69. The number of benzene rings is 1. The fourth-order valence-corrected chi connectivity index (χ4v) is 1.72. The van der Waals surface area contributed by atoms with Crippen molar-refractivity contribution in [2.24, 2.45) is 0 Å². The van der Waals surface area contributed by atoms with Gasteiger partial charge in [0.05, 0.1) is 6.07 Å². The molecule has 2 aromatic rings. The molecule has 0 aliphatic rings. The number of nitrogens with one attached hydrogen (secondary N) is 2. The van der Waals surface area contributed by atoms with E-state index in [2.05, 4.69) is 14.5 Å². The molecule has 0 bridgehead atoms. The van der Waals surface area contributed by atoms with E-state index in [1.807, 2.05) is 11.4 Å². The number of amides is 3. The second kappa shape index (κ2) is 8.24. The summed E-state index contributed by atoms with van der Waals surface area (Å²) in [7, 11) is 0. The summed E-state index contributed by atoms with van der Waals surface area (Å²) in [6.45, 7) is -0.526. The monoisotopic (exact) mass is 347 g/mol. The number of urea groups is 1. The van der Waals surface area contributed by atoms with Crippen LogP contribution in [-0.4, -0.2) is 29.4 Å². The summed E-state index contributed by atoms with van der Waals surface area (Å²) in [5.74, 6) is -2.97. The normalized spacial score (nSPS) is 9.92. The third-order valence-corrected chi connectivity index (χ3v) is 2.86. The first-order valence-electron chi connectivity index (χ1n) is 6.98. The number of carbonyl (C=O) groups is 3. The Balaban J connectivity index is 1.73. The molecule has 1 aromatic carbocycles. The summed E-state index contributed by atoms with van der Waals surface area (Å²) in [6.07, 6.45) is 0. The molecule has 10 heteroatoms. The largest absolute Gasteiger partial charge is 0.450 e. The number of carbonyl (C=O) groups excluding carboxylic acids is 3. The van der Waals surface area contributed by atoms with Crippen LogP contribution in [0.25, 0.3) is 0 Å². The highest BCUT2D eigenvalue weighted by atomic mass is 16.7. The van der Waals surface area contributed by atoms with E-state index >= 15 is 0 Å². The number of hydrogen-bond donors (Lipinski definition) is 2. The van der Waals surface area contributed by atoms with Crippen molar-refractivity contribution in [2.45, 2.75) is 6.54 Å². The van der Waals surface area contributed by atoms with Gasteiger partial charge in [0.25, 0.3) is 5.91 Å². The van der Waals surface area contributed by atoms with Crippen LogP contribution in [-0.2, 0) is 16.1 Å². The zero-order valence-electron chi connectivity index (χ0n) is 12.8. The van der Waals surface area contributed by atoms with Crippen LogP contribution in [0.5, 0.6) is 0 Å². The van der Waals surface area contributed by atoms with Crippen molar-refractivity contribution in [1.29, 1.82) is 0 Å². The van der Waals surface area contributed by atoms with Crippen LogP contribution < -0.4 is 10.6 Å². The first-order chi connectivity index (χ1) is 12.0. The average molecular weight is 347 g/mol. The zero-order valence-corrected chi connectivity index (χ0v) is 12.8. The maximum absolute atomic E-state index is 11.6. The van der Waals surface area contributed by atoms with E-state index in [1.54, 1.807) is 24.3 Å². The first kappa shape index (κ1) is 17.7. The number of esters is 1. The van der Waals surface area contributed by atoms with Crippen molar-refractivity contribution in [1.82, 2.24) is 10.6 Å². The van der Waals surface area contributed by atoms with Gasteiger partial charge in [0.2, 0.25) is 5.76 Å². The maximum Gasteiger partial charge on any atom is 0.433 e. The van der Waals surface area contributed by atoms with Gasteiger partial charge in [-0.1, -0.05) is 30.3 Å². The molecule has 0 unspecified atom stereocenters. The molecule has 25 heavy (non-hydrogen) atoms. The van der Waals surface area contributed by atoms with Gasteiger partial charge in [-0.3, -0.25) is 20.2 Å². The fraction of sp³-hybridized carbons (Fsp3) is 0.133. The Morgan fingerprint density at radius 2 is 1.84 bits per heavy atom. The summed E-state index contributed by atoms with van der Waals surface area (Å²) in [6, 6.07) is 10.3. The summed E-state index contributed by atoms with van der Waals surface area (Å²) in [4.78, 5) is 44.3. The lowest BCUT2D eigenvalue weighted by molar-refractivity contribution is -0.402. The predicted octanol–water partition coefficient (Wildman–Crippen LogP) is 1.37. The number of rotatable bonds is 6. The molecule has 3 amide bonds. The minimum atomic E-state index is -1.06. The van der Waals surface area contributed by atoms with Crippen molar-refractivity contribution in [3.8, 4) is 0 Å². The third kappa shape index (κ3) is 5.46. The second-order valence-corrected chi connectivity index (χ2v) is 4.69. The van der Waals surface area contributed by atoms with Crippen LogP contribution in [0.1, 0.15) is 16.1 Å². The predicted molar refractivity (Wildman–Crippen MR) is 82.5 cm³/mol. The summed E-state index contributed by atoms with van der Waals surface area (Å²) in [5.41, 5.74) is 0.843. The molecule has 1 aromatic heterocycles. The van der Waals surface area contributed by atoms with Crippen molar-refractivity contribution in [3.05, 3.63) is 63.9 Å². The number of ether oxygens (including phenoxy) is 1. The number of nitro groups is 1. The highest BCUT2D eigenvalue weighted by Gasteiger charge is 2.19. The molecule has 2 rings (SSSR count). The Labute approximate surface area is 140 Å². The highest BCUT2D eigenvalue weighted by Crippen LogP contribution is 2.16. The lowest BCUT2D eigenvalue weighted by Gasteiger charge is -2.07. The van der Waals surface area contributed by atoms with Crippen LogP contribution in [0.4, 0.5) is 10.7 Å². The van der Waals surface area contributed by atoms with Gasteiger partial charge in [-0.05, 0) is 11.6 Å². The maximum atomic E-state index is 11.6. The van der Waals surface area contributed by atoms with Crippen LogP contribution in [0.15, 0.2) is 46.9 Å². The molecule has 0 radical (unpaired) electrons. The molecule has 130 valence electrons. The Kier molecular flexibility index (Phi) is 5.82. The SMILES string of the molecule is O=C(COC(=O)c1ccc([N+](=O)[O-])o1)NC(=O)NCc1ccccc1. The van der Waals surface area contributed by atoms with Gasteiger partial charge in [0.15, 0.2) is 6.61 Å².